The van der Waals surface area contributed by atoms with Crippen LogP contribution in [0, 0.1) is 0 Å². The zero-order valence-electron chi connectivity index (χ0n) is 13.4. The molecule has 0 radical (unpaired) electrons. The van der Waals surface area contributed by atoms with Crippen LogP contribution in [0.4, 0.5) is 0 Å². The van der Waals surface area contributed by atoms with Crippen molar-refractivity contribution in [3.8, 4) is 0 Å². The molecule has 2 aromatic rings. The second-order valence-corrected chi connectivity index (χ2v) is 5.78. The lowest BCUT2D eigenvalue weighted by Gasteiger charge is -2.26. The third-order valence-corrected chi connectivity index (χ3v) is 4.01. The van der Waals surface area contributed by atoms with Crippen LogP contribution in [0.25, 0.3) is 0 Å². The first-order valence-electron chi connectivity index (χ1n) is 8.16. The molecular weight excluding hydrogens is 278 g/mol. The van der Waals surface area contributed by atoms with E-state index in [2.05, 4.69) is 38.9 Å². The predicted molar refractivity (Wildman–Crippen MR) is 82.1 cm³/mol. The number of hydrogen-bond acceptors (Lipinski definition) is 6. The zero-order chi connectivity index (χ0) is 15.4. The molecule has 6 heteroatoms. The quantitative estimate of drug-likeness (QED) is 0.815. The predicted octanol–water partition coefficient (Wildman–Crippen LogP) is 2.32. The highest BCUT2D eigenvalue weighted by atomic mass is 16.5. The van der Waals surface area contributed by atoms with Crippen LogP contribution in [0.3, 0.4) is 0 Å². The number of aromatic nitrogens is 4. The molecule has 0 aliphatic carbocycles. The van der Waals surface area contributed by atoms with Crippen molar-refractivity contribution in [1.82, 2.24) is 25.0 Å². The number of fused-ring (bicyclic) bond motifs is 1. The first kappa shape index (κ1) is 15.1. The average molecular weight is 301 g/mol. The maximum atomic E-state index is 5.30. The lowest BCUT2D eigenvalue weighted by molar-refractivity contribution is 0.231. The first-order chi connectivity index (χ1) is 10.8. The maximum Gasteiger partial charge on any atom is 0.226 e. The van der Waals surface area contributed by atoms with E-state index in [1.54, 1.807) is 0 Å². The van der Waals surface area contributed by atoms with E-state index in [1.807, 2.05) is 6.20 Å². The summed E-state index contributed by atoms with van der Waals surface area (Å²) in [6, 6.07) is 0. The van der Waals surface area contributed by atoms with E-state index >= 15 is 0 Å². The van der Waals surface area contributed by atoms with Gasteiger partial charge in [0.25, 0.3) is 0 Å². The molecule has 0 aromatic carbocycles. The molecule has 0 amide bonds. The summed E-state index contributed by atoms with van der Waals surface area (Å²) in [5.41, 5.74) is 2.41. The van der Waals surface area contributed by atoms with Gasteiger partial charge in [-0.2, -0.15) is 4.98 Å². The molecule has 6 nitrogen and oxygen atoms in total. The van der Waals surface area contributed by atoms with Crippen molar-refractivity contribution < 1.29 is 4.52 Å². The van der Waals surface area contributed by atoms with Gasteiger partial charge >= 0.3 is 0 Å². The lowest BCUT2D eigenvalue weighted by Crippen LogP contribution is -2.31. The van der Waals surface area contributed by atoms with Gasteiger partial charge in [0, 0.05) is 32.1 Å². The van der Waals surface area contributed by atoms with E-state index in [0.717, 1.165) is 75.0 Å². The maximum absolute atomic E-state index is 5.30. The molecule has 0 atom stereocenters. The second-order valence-electron chi connectivity index (χ2n) is 5.78. The number of nitrogens with zero attached hydrogens (tertiary/aromatic N) is 5. The molecule has 0 saturated carbocycles. The summed E-state index contributed by atoms with van der Waals surface area (Å²) in [7, 11) is 0. The summed E-state index contributed by atoms with van der Waals surface area (Å²) in [5, 5.41) is 4.09. The molecule has 0 N–H and O–H groups in total. The van der Waals surface area contributed by atoms with Gasteiger partial charge in [0.05, 0.1) is 12.2 Å². The molecule has 0 bridgehead atoms. The Bertz CT molecular complexity index is 625. The first-order valence-corrected chi connectivity index (χ1v) is 8.16. The topological polar surface area (TPSA) is 67.9 Å². The molecular formula is C16H23N5O. The van der Waals surface area contributed by atoms with Crippen molar-refractivity contribution in [2.24, 2.45) is 0 Å². The Morgan fingerprint density at radius 2 is 2.14 bits per heavy atom. The monoisotopic (exact) mass is 301 g/mol. The number of aryl methyl sites for hydroxylation is 2. The molecule has 22 heavy (non-hydrogen) atoms. The summed E-state index contributed by atoms with van der Waals surface area (Å²) < 4.78 is 5.30. The smallest absolute Gasteiger partial charge is 0.226 e. The minimum absolute atomic E-state index is 0.723. The van der Waals surface area contributed by atoms with Crippen LogP contribution >= 0.6 is 0 Å². The summed E-state index contributed by atoms with van der Waals surface area (Å²) in [5.74, 6) is 2.45. The van der Waals surface area contributed by atoms with Crippen LogP contribution in [0.15, 0.2) is 10.7 Å². The fourth-order valence-electron chi connectivity index (χ4n) is 2.69. The highest BCUT2D eigenvalue weighted by molar-refractivity contribution is 5.20. The Labute approximate surface area is 131 Å². The second kappa shape index (κ2) is 6.96. The van der Waals surface area contributed by atoms with Gasteiger partial charge in [-0.15, -0.1) is 0 Å². The van der Waals surface area contributed by atoms with Crippen molar-refractivity contribution in [1.29, 1.82) is 0 Å². The third kappa shape index (κ3) is 3.50. The normalized spacial score (nSPS) is 15.0. The van der Waals surface area contributed by atoms with Gasteiger partial charge in [-0.25, -0.2) is 9.97 Å². The van der Waals surface area contributed by atoms with Crippen molar-refractivity contribution >= 4 is 0 Å². The summed E-state index contributed by atoms with van der Waals surface area (Å²) in [6.45, 7) is 6.79. The van der Waals surface area contributed by atoms with Crippen LogP contribution in [-0.2, 0) is 32.4 Å². The van der Waals surface area contributed by atoms with Crippen LogP contribution in [0.5, 0.6) is 0 Å². The van der Waals surface area contributed by atoms with Gasteiger partial charge in [0.1, 0.15) is 5.82 Å². The number of hydrogen-bond donors (Lipinski definition) is 0. The molecule has 0 saturated heterocycles. The van der Waals surface area contributed by atoms with Crippen molar-refractivity contribution in [3.05, 3.63) is 35.0 Å². The molecule has 0 fully saturated rings. The van der Waals surface area contributed by atoms with Gasteiger partial charge in [0.2, 0.25) is 5.89 Å². The van der Waals surface area contributed by atoms with E-state index in [9.17, 15) is 0 Å². The third-order valence-electron chi connectivity index (χ3n) is 4.01. The molecule has 0 unspecified atom stereocenters. The Hall–Kier alpha value is -1.82. The number of rotatable bonds is 6. The van der Waals surface area contributed by atoms with Crippen LogP contribution in [0.1, 0.15) is 55.5 Å². The Kier molecular flexibility index (Phi) is 4.77. The van der Waals surface area contributed by atoms with Gasteiger partial charge in [0.15, 0.2) is 5.82 Å². The van der Waals surface area contributed by atoms with Crippen LogP contribution in [0.2, 0.25) is 0 Å². The van der Waals surface area contributed by atoms with E-state index in [-0.39, 0.29) is 0 Å². The Morgan fingerprint density at radius 3 is 2.95 bits per heavy atom. The van der Waals surface area contributed by atoms with Crippen molar-refractivity contribution in [2.45, 2.75) is 59.0 Å². The molecule has 1 aliphatic heterocycles. The minimum atomic E-state index is 0.723. The van der Waals surface area contributed by atoms with E-state index in [1.165, 1.54) is 5.56 Å². The number of unbranched alkanes of at least 4 members (excludes halogenated alkanes) is 1. The Morgan fingerprint density at radius 1 is 1.23 bits per heavy atom. The minimum Gasteiger partial charge on any atom is -0.339 e. The molecule has 0 spiro atoms. The lowest BCUT2D eigenvalue weighted by atomic mass is 10.1. The standard InChI is InChI=1S/C16H23N5O/c1-3-5-6-16-19-15(20-22-16)11-21-8-7-12-9-17-14(4-2)18-13(12)10-21/h9H,3-8,10-11H2,1-2H3. The van der Waals surface area contributed by atoms with Gasteiger partial charge in [-0.05, 0) is 18.4 Å². The largest absolute Gasteiger partial charge is 0.339 e. The summed E-state index contributed by atoms with van der Waals surface area (Å²) >= 11 is 0. The molecule has 1 aliphatic rings. The summed E-state index contributed by atoms with van der Waals surface area (Å²) in [6.07, 6.45) is 6.95. The fourth-order valence-corrected chi connectivity index (χ4v) is 2.69. The molecule has 3 rings (SSSR count). The highest BCUT2D eigenvalue weighted by Gasteiger charge is 2.20. The van der Waals surface area contributed by atoms with Gasteiger partial charge in [-0.1, -0.05) is 25.4 Å². The SMILES string of the molecule is CCCCc1nc(CN2CCc3cnc(CC)nc3C2)no1. The molecule has 3 heterocycles. The van der Waals surface area contributed by atoms with Crippen LogP contribution < -0.4 is 0 Å². The summed E-state index contributed by atoms with van der Waals surface area (Å²) in [4.78, 5) is 15.8. The van der Waals surface area contributed by atoms with Gasteiger partial charge < -0.3 is 4.52 Å². The van der Waals surface area contributed by atoms with Crippen molar-refractivity contribution in [2.75, 3.05) is 6.54 Å². The average Bonchev–Trinajstić information content (AvgIpc) is 2.99. The van der Waals surface area contributed by atoms with E-state index < -0.39 is 0 Å². The zero-order valence-corrected chi connectivity index (χ0v) is 13.4. The Balaban J connectivity index is 1.63. The molecule has 2 aromatic heterocycles. The van der Waals surface area contributed by atoms with Gasteiger partial charge in [-0.3, -0.25) is 4.90 Å². The van der Waals surface area contributed by atoms with E-state index in [0.29, 0.717) is 0 Å². The molecule has 118 valence electrons. The highest BCUT2D eigenvalue weighted by Crippen LogP contribution is 2.18. The van der Waals surface area contributed by atoms with Crippen LogP contribution in [-0.4, -0.2) is 31.6 Å². The van der Waals surface area contributed by atoms with Crippen molar-refractivity contribution in [3.63, 3.8) is 0 Å². The fraction of sp³-hybridized carbons (Fsp3) is 0.625. The van der Waals surface area contributed by atoms with E-state index in [4.69, 9.17) is 4.52 Å².